The van der Waals surface area contributed by atoms with Crippen molar-refractivity contribution < 1.29 is 9.90 Å². The van der Waals surface area contributed by atoms with Crippen LogP contribution in [0.4, 0.5) is 0 Å². The highest BCUT2D eigenvalue weighted by Gasteiger charge is 2.18. The van der Waals surface area contributed by atoms with Crippen LogP contribution in [0.2, 0.25) is 5.15 Å². The van der Waals surface area contributed by atoms with Gasteiger partial charge in [0.2, 0.25) is 0 Å². The van der Waals surface area contributed by atoms with Crippen LogP contribution in [0.5, 0.6) is 0 Å². The van der Waals surface area contributed by atoms with Crippen molar-refractivity contribution in [2.75, 3.05) is 0 Å². The molecule has 2 rings (SSSR count). The second kappa shape index (κ2) is 3.51. The summed E-state index contributed by atoms with van der Waals surface area (Å²) in [7, 11) is 0. The quantitative estimate of drug-likeness (QED) is 0.844. The summed E-state index contributed by atoms with van der Waals surface area (Å²) in [6.45, 7) is 1.98. The van der Waals surface area contributed by atoms with E-state index >= 15 is 0 Å². The van der Waals surface area contributed by atoms with Gasteiger partial charge in [0.05, 0.1) is 0 Å². The molecule has 0 saturated carbocycles. The minimum atomic E-state index is -1.12. The second-order valence-electron chi connectivity index (χ2n) is 3.05. The number of halogens is 1. The number of fused-ring (bicyclic) bond motifs is 1. The standard InChI is InChI=1S/C9H8ClN3O2/c1-2-5-3-11-8-6(9(14)15)7(10)12-13(8)4-5/h3-4H,2H2,1H3,(H,14,15). The Labute approximate surface area is 90.3 Å². The van der Waals surface area contributed by atoms with Crippen LogP contribution in [-0.2, 0) is 6.42 Å². The molecular formula is C9H8ClN3O2. The number of hydrogen-bond acceptors (Lipinski definition) is 3. The molecule has 78 valence electrons. The van der Waals surface area contributed by atoms with E-state index in [2.05, 4.69) is 10.1 Å². The van der Waals surface area contributed by atoms with Crippen molar-refractivity contribution in [1.29, 1.82) is 0 Å². The Kier molecular flexibility index (Phi) is 2.32. The summed E-state index contributed by atoms with van der Waals surface area (Å²) in [6.07, 6.45) is 4.16. The van der Waals surface area contributed by atoms with Crippen LogP contribution in [0.15, 0.2) is 12.4 Å². The Hall–Kier alpha value is -1.62. The first-order valence-corrected chi connectivity index (χ1v) is 4.77. The largest absolute Gasteiger partial charge is 0.477 e. The van der Waals surface area contributed by atoms with Gasteiger partial charge >= 0.3 is 5.97 Å². The fourth-order valence-corrected chi connectivity index (χ4v) is 1.56. The van der Waals surface area contributed by atoms with Gasteiger partial charge in [-0.05, 0) is 12.0 Å². The van der Waals surface area contributed by atoms with Crippen LogP contribution in [0, 0.1) is 0 Å². The normalized spacial score (nSPS) is 10.8. The number of aromatic nitrogens is 3. The van der Waals surface area contributed by atoms with Crippen molar-refractivity contribution in [3.8, 4) is 0 Å². The lowest BCUT2D eigenvalue weighted by atomic mass is 10.3. The molecule has 2 heterocycles. The Balaban J connectivity index is 2.74. The molecule has 0 atom stereocenters. The van der Waals surface area contributed by atoms with Crippen LogP contribution >= 0.6 is 11.6 Å². The second-order valence-corrected chi connectivity index (χ2v) is 3.41. The van der Waals surface area contributed by atoms with Gasteiger partial charge in [0.25, 0.3) is 0 Å². The Bertz CT molecular complexity index is 535. The molecule has 0 amide bonds. The highest BCUT2D eigenvalue weighted by atomic mass is 35.5. The Morgan fingerprint density at radius 2 is 2.40 bits per heavy atom. The lowest BCUT2D eigenvalue weighted by Gasteiger charge is -1.96. The monoisotopic (exact) mass is 225 g/mol. The predicted octanol–water partition coefficient (Wildman–Crippen LogP) is 1.64. The molecule has 6 heteroatoms. The van der Waals surface area contributed by atoms with Gasteiger partial charge in [0, 0.05) is 12.4 Å². The van der Waals surface area contributed by atoms with Gasteiger partial charge in [-0.25, -0.2) is 14.3 Å². The molecule has 2 aromatic heterocycles. The smallest absolute Gasteiger partial charge is 0.342 e. The lowest BCUT2D eigenvalue weighted by Crippen LogP contribution is -1.99. The van der Waals surface area contributed by atoms with E-state index in [9.17, 15) is 4.79 Å². The first kappa shape index (κ1) is 9.92. The summed E-state index contributed by atoms with van der Waals surface area (Å²) in [6, 6.07) is 0. The third-order valence-corrected chi connectivity index (χ3v) is 2.37. The van der Waals surface area contributed by atoms with Gasteiger partial charge in [-0.3, -0.25) is 0 Å². The number of aromatic carboxylic acids is 1. The van der Waals surface area contributed by atoms with Crippen LogP contribution in [-0.4, -0.2) is 25.7 Å². The van der Waals surface area contributed by atoms with Crippen molar-refractivity contribution in [1.82, 2.24) is 14.6 Å². The number of hydrogen-bond donors (Lipinski definition) is 1. The maximum atomic E-state index is 10.9. The number of nitrogens with zero attached hydrogens (tertiary/aromatic N) is 3. The number of aryl methyl sites for hydroxylation is 1. The zero-order valence-corrected chi connectivity index (χ0v) is 8.69. The van der Waals surface area contributed by atoms with E-state index < -0.39 is 5.97 Å². The molecule has 0 aliphatic heterocycles. The van der Waals surface area contributed by atoms with E-state index in [1.807, 2.05) is 6.92 Å². The zero-order chi connectivity index (χ0) is 11.0. The predicted molar refractivity (Wildman–Crippen MR) is 54.3 cm³/mol. The van der Waals surface area contributed by atoms with Gasteiger partial charge in [0.1, 0.15) is 5.56 Å². The third kappa shape index (κ3) is 1.55. The minimum Gasteiger partial charge on any atom is -0.477 e. The summed E-state index contributed by atoms with van der Waals surface area (Å²) < 4.78 is 1.39. The number of carbonyl (C=O) groups is 1. The molecule has 0 radical (unpaired) electrons. The molecule has 0 spiro atoms. The molecule has 0 unspecified atom stereocenters. The molecule has 0 saturated heterocycles. The SMILES string of the molecule is CCc1cnc2c(C(=O)O)c(Cl)nn2c1. The molecule has 2 aromatic rings. The molecule has 1 N–H and O–H groups in total. The molecule has 0 aromatic carbocycles. The average Bonchev–Trinajstić information content (AvgIpc) is 2.52. The van der Waals surface area contributed by atoms with Crippen LogP contribution in [0.1, 0.15) is 22.8 Å². The molecular weight excluding hydrogens is 218 g/mol. The first-order valence-electron chi connectivity index (χ1n) is 4.39. The van der Waals surface area contributed by atoms with Gasteiger partial charge < -0.3 is 5.11 Å². The highest BCUT2D eigenvalue weighted by molar-refractivity contribution is 6.33. The minimum absolute atomic E-state index is 0.0387. The number of carboxylic acids is 1. The van der Waals surface area contributed by atoms with Crippen molar-refractivity contribution in [3.05, 3.63) is 28.7 Å². The first-order chi connectivity index (χ1) is 7.13. The topological polar surface area (TPSA) is 67.5 Å². The van der Waals surface area contributed by atoms with E-state index in [-0.39, 0.29) is 16.4 Å². The average molecular weight is 226 g/mol. The zero-order valence-electron chi connectivity index (χ0n) is 7.94. The van der Waals surface area contributed by atoms with Crippen LogP contribution in [0.3, 0.4) is 0 Å². The van der Waals surface area contributed by atoms with Crippen molar-refractivity contribution in [3.63, 3.8) is 0 Å². The Morgan fingerprint density at radius 1 is 1.67 bits per heavy atom. The lowest BCUT2D eigenvalue weighted by molar-refractivity contribution is 0.0699. The van der Waals surface area contributed by atoms with Crippen LogP contribution in [0.25, 0.3) is 5.65 Å². The van der Waals surface area contributed by atoms with E-state index in [4.69, 9.17) is 16.7 Å². The molecule has 0 aliphatic carbocycles. The van der Waals surface area contributed by atoms with Crippen LogP contribution < -0.4 is 0 Å². The van der Waals surface area contributed by atoms with Crippen molar-refractivity contribution in [2.45, 2.75) is 13.3 Å². The highest BCUT2D eigenvalue weighted by Crippen LogP contribution is 2.18. The Morgan fingerprint density at radius 3 is 3.00 bits per heavy atom. The van der Waals surface area contributed by atoms with Crippen molar-refractivity contribution >= 4 is 23.2 Å². The summed E-state index contributed by atoms with van der Waals surface area (Å²) in [5.74, 6) is -1.12. The van der Waals surface area contributed by atoms with Gasteiger partial charge in [-0.2, -0.15) is 5.10 Å². The summed E-state index contributed by atoms with van der Waals surface area (Å²) >= 11 is 5.71. The van der Waals surface area contributed by atoms with E-state index in [0.717, 1.165) is 12.0 Å². The summed E-state index contributed by atoms with van der Waals surface area (Å²) in [4.78, 5) is 14.9. The number of carboxylic acid groups (broad SMARTS) is 1. The molecule has 0 bridgehead atoms. The fourth-order valence-electron chi connectivity index (χ4n) is 1.31. The molecule has 15 heavy (non-hydrogen) atoms. The molecule has 0 aliphatic rings. The van der Waals surface area contributed by atoms with E-state index in [1.54, 1.807) is 12.4 Å². The number of rotatable bonds is 2. The summed E-state index contributed by atoms with van der Waals surface area (Å²) in [5, 5.41) is 12.7. The summed E-state index contributed by atoms with van der Waals surface area (Å²) in [5.41, 5.74) is 1.18. The van der Waals surface area contributed by atoms with E-state index in [0.29, 0.717) is 0 Å². The fraction of sp³-hybridized carbons (Fsp3) is 0.222. The van der Waals surface area contributed by atoms with E-state index in [1.165, 1.54) is 4.52 Å². The van der Waals surface area contributed by atoms with Gasteiger partial charge in [-0.15, -0.1) is 0 Å². The molecule has 5 nitrogen and oxygen atoms in total. The van der Waals surface area contributed by atoms with Crippen molar-refractivity contribution in [2.24, 2.45) is 0 Å². The van der Waals surface area contributed by atoms with Gasteiger partial charge in [-0.1, -0.05) is 18.5 Å². The third-order valence-electron chi connectivity index (χ3n) is 2.11. The maximum absolute atomic E-state index is 10.9. The molecule has 0 fully saturated rings. The van der Waals surface area contributed by atoms with Gasteiger partial charge in [0.15, 0.2) is 10.8 Å². The maximum Gasteiger partial charge on any atom is 0.342 e.